The van der Waals surface area contributed by atoms with E-state index in [4.69, 9.17) is 19.8 Å². The van der Waals surface area contributed by atoms with E-state index in [9.17, 15) is 4.79 Å². The summed E-state index contributed by atoms with van der Waals surface area (Å²) >= 11 is 0. The molecule has 7 heteroatoms. The number of hydrogen-bond donors (Lipinski definition) is 0. The quantitative estimate of drug-likeness (QED) is 0.605. The van der Waals surface area contributed by atoms with E-state index in [1.54, 1.807) is 4.90 Å². The molecule has 31 heavy (non-hydrogen) atoms. The zero-order valence-corrected chi connectivity index (χ0v) is 18.8. The molecule has 0 saturated carbocycles. The molecule has 162 valence electrons. The Morgan fingerprint density at radius 1 is 1.10 bits per heavy atom. The lowest BCUT2D eigenvalue weighted by atomic mass is 10.0. The Labute approximate surface area is 183 Å². The molecule has 1 aromatic carbocycles. The molecule has 7 nitrogen and oxygen atoms in total. The maximum Gasteiger partial charge on any atom is 0.410 e. The molecule has 1 aliphatic rings. The fourth-order valence-corrected chi connectivity index (χ4v) is 3.59. The summed E-state index contributed by atoms with van der Waals surface area (Å²) < 4.78 is 7.51. The number of benzene rings is 1. The molecule has 0 aliphatic carbocycles. The monoisotopic (exact) mass is 419 g/mol. The first-order chi connectivity index (χ1) is 14.7. The number of carbonyl (C=O) groups excluding carboxylic acids is 1. The molecular formula is C24H29N5O2. The van der Waals surface area contributed by atoms with Crippen molar-refractivity contribution in [3.8, 4) is 22.8 Å². The molecular weight excluding hydrogens is 390 g/mol. The molecule has 2 aromatic heterocycles. The summed E-state index contributed by atoms with van der Waals surface area (Å²) in [6.45, 7) is 10.8. The highest BCUT2D eigenvalue weighted by Gasteiger charge is 2.29. The molecule has 1 amide bonds. The lowest BCUT2D eigenvalue weighted by molar-refractivity contribution is 0.0221. The van der Waals surface area contributed by atoms with Crippen LogP contribution in [-0.4, -0.2) is 42.9 Å². The first-order valence-corrected chi connectivity index (χ1v) is 10.7. The molecule has 3 heterocycles. The fraction of sp³-hybridized carbons (Fsp3) is 0.417. The summed E-state index contributed by atoms with van der Waals surface area (Å²) in [5, 5.41) is 4.75. The predicted molar refractivity (Wildman–Crippen MR) is 119 cm³/mol. The van der Waals surface area contributed by atoms with E-state index in [1.807, 2.05) is 68.0 Å². The molecule has 0 atom stereocenters. The van der Waals surface area contributed by atoms with Gasteiger partial charge in [0.15, 0.2) is 5.82 Å². The first-order valence-electron chi connectivity index (χ1n) is 10.7. The summed E-state index contributed by atoms with van der Waals surface area (Å²) in [5.41, 5.74) is 3.97. The summed E-state index contributed by atoms with van der Waals surface area (Å²) in [6.07, 6.45) is 2.32. The zero-order chi connectivity index (χ0) is 22.2. The Hall–Kier alpha value is -3.22. The smallest absolute Gasteiger partial charge is 0.410 e. The van der Waals surface area contributed by atoms with Crippen molar-refractivity contribution in [2.75, 3.05) is 6.54 Å². The third-order valence-corrected chi connectivity index (χ3v) is 5.13. The predicted octanol–water partition coefficient (Wildman–Crippen LogP) is 4.88. The summed E-state index contributed by atoms with van der Waals surface area (Å²) in [6, 6.07) is 12.2. The van der Waals surface area contributed by atoms with Crippen LogP contribution in [0, 0.1) is 0 Å². The molecule has 0 bridgehead atoms. The van der Waals surface area contributed by atoms with Gasteiger partial charge in [-0.05, 0) is 47.1 Å². The summed E-state index contributed by atoms with van der Waals surface area (Å²) in [7, 11) is 0. The van der Waals surface area contributed by atoms with Gasteiger partial charge in [0.1, 0.15) is 11.3 Å². The van der Waals surface area contributed by atoms with Crippen molar-refractivity contribution in [1.29, 1.82) is 0 Å². The minimum Gasteiger partial charge on any atom is -0.444 e. The van der Waals surface area contributed by atoms with E-state index in [0.717, 1.165) is 28.2 Å². The second-order valence-corrected chi connectivity index (χ2v) is 9.11. The van der Waals surface area contributed by atoms with Crippen LogP contribution in [0.1, 0.15) is 51.9 Å². The van der Waals surface area contributed by atoms with Crippen molar-refractivity contribution in [2.24, 2.45) is 0 Å². The highest BCUT2D eigenvalue weighted by molar-refractivity contribution is 5.70. The number of ether oxygens (including phenoxy) is 1. The normalized spacial score (nSPS) is 13.9. The molecule has 0 N–H and O–H groups in total. The Balaban J connectivity index is 1.76. The molecule has 0 spiro atoms. The van der Waals surface area contributed by atoms with Crippen LogP contribution in [0.15, 0.2) is 42.6 Å². The minimum atomic E-state index is -0.535. The second-order valence-electron chi connectivity index (χ2n) is 9.11. The van der Waals surface area contributed by atoms with Crippen molar-refractivity contribution in [3.63, 3.8) is 0 Å². The highest BCUT2D eigenvalue weighted by atomic mass is 16.6. The SMILES string of the molecule is CC(C)n1ccc(-c2nc(-c3ccccc3)nc3c2CCN(C(=O)OC(C)(C)C)C3)n1. The third kappa shape index (κ3) is 4.60. The van der Waals surface area contributed by atoms with Crippen molar-refractivity contribution >= 4 is 6.09 Å². The van der Waals surface area contributed by atoms with Gasteiger partial charge in [0.2, 0.25) is 0 Å². The van der Waals surface area contributed by atoms with E-state index in [1.165, 1.54) is 0 Å². The Bertz CT molecular complexity index is 1080. The van der Waals surface area contributed by atoms with Crippen LogP contribution in [0.4, 0.5) is 4.79 Å². The van der Waals surface area contributed by atoms with Gasteiger partial charge in [0.05, 0.1) is 17.9 Å². The van der Waals surface area contributed by atoms with E-state index < -0.39 is 5.60 Å². The number of nitrogens with zero attached hydrogens (tertiary/aromatic N) is 5. The Morgan fingerprint density at radius 2 is 1.84 bits per heavy atom. The second kappa shape index (κ2) is 8.13. The van der Waals surface area contributed by atoms with Crippen LogP contribution in [0.3, 0.4) is 0 Å². The van der Waals surface area contributed by atoms with Crippen LogP contribution >= 0.6 is 0 Å². The van der Waals surface area contributed by atoms with Gasteiger partial charge in [0, 0.05) is 29.9 Å². The molecule has 0 radical (unpaired) electrons. The molecule has 0 fully saturated rings. The van der Waals surface area contributed by atoms with Crippen LogP contribution in [0.5, 0.6) is 0 Å². The average Bonchev–Trinajstić information content (AvgIpc) is 3.22. The minimum absolute atomic E-state index is 0.266. The van der Waals surface area contributed by atoms with Crippen LogP contribution < -0.4 is 0 Å². The lowest BCUT2D eigenvalue weighted by Gasteiger charge is -2.31. The van der Waals surface area contributed by atoms with Crippen LogP contribution in [0.25, 0.3) is 22.8 Å². The highest BCUT2D eigenvalue weighted by Crippen LogP contribution is 2.30. The number of aromatic nitrogens is 4. The van der Waals surface area contributed by atoms with Gasteiger partial charge >= 0.3 is 6.09 Å². The van der Waals surface area contributed by atoms with Crippen LogP contribution in [-0.2, 0) is 17.7 Å². The maximum absolute atomic E-state index is 12.7. The fourth-order valence-electron chi connectivity index (χ4n) is 3.59. The third-order valence-electron chi connectivity index (χ3n) is 5.13. The number of hydrogen-bond acceptors (Lipinski definition) is 5. The standard InChI is InChI=1S/C24H29N5O2/c1-16(2)29-14-12-19(27-29)21-18-11-13-28(23(30)31-24(3,4)5)15-20(18)25-22(26-21)17-9-7-6-8-10-17/h6-10,12,14,16H,11,13,15H2,1-5H3. The molecule has 0 saturated heterocycles. The number of fused-ring (bicyclic) bond motifs is 1. The van der Waals surface area contributed by atoms with Gasteiger partial charge in [-0.3, -0.25) is 4.68 Å². The van der Waals surface area contributed by atoms with Gasteiger partial charge in [-0.2, -0.15) is 5.10 Å². The first kappa shape index (κ1) is 21.0. The van der Waals surface area contributed by atoms with E-state index >= 15 is 0 Å². The van der Waals surface area contributed by atoms with Gasteiger partial charge in [-0.15, -0.1) is 0 Å². The Morgan fingerprint density at radius 3 is 2.48 bits per heavy atom. The van der Waals surface area contributed by atoms with E-state index in [2.05, 4.69) is 13.8 Å². The number of rotatable bonds is 3. The van der Waals surface area contributed by atoms with E-state index in [-0.39, 0.29) is 12.1 Å². The average molecular weight is 420 g/mol. The van der Waals surface area contributed by atoms with Crippen LogP contribution in [0.2, 0.25) is 0 Å². The van der Waals surface area contributed by atoms with Gasteiger partial charge in [-0.1, -0.05) is 30.3 Å². The van der Waals surface area contributed by atoms with Gasteiger partial charge < -0.3 is 9.64 Å². The lowest BCUT2D eigenvalue weighted by Crippen LogP contribution is -2.40. The van der Waals surface area contributed by atoms with Crippen molar-refractivity contribution in [2.45, 2.75) is 59.2 Å². The zero-order valence-electron chi connectivity index (χ0n) is 18.8. The molecule has 3 aromatic rings. The van der Waals surface area contributed by atoms with Gasteiger partial charge in [-0.25, -0.2) is 14.8 Å². The van der Waals surface area contributed by atoms with E-state index in [0.29, 0.717) is 25.3 Å². The summed E-state index contributed by atoms with van der Waals surface area (Å²) in [4.78, 5) is 24.1. The van der Waals surface area contributed by atoms with Crippen molar-refractivity contribution in [1.82, 2.24) is 24.6 Å². The summed E-state index contributed by atoms with van der Waals surface area (Å²) in [5.74, 6) is 0.638. The maximum atomic E-state index is 12.7. The Kier molecular flexibility index (Phi) is 5.52. The molecule has 1 aliphatic heterocycles. The largest absolute Gasteiger partial charge is 0.444 e. The topological polar surface area (TPSA) is 73.1 Å². The number of amides is 1. The van der Waals surface area contributed by atoms with Gasteiger partial charge in [0.25, 0.3) is 0 Å². The molecule has 0 unspecified atom stereocenters. The molecule has 4 rings (SSSR count). The number of carbonyl (C=O) groups is 1. The van der Waals surface area contributed by atoms with Crippen molar-refractivity contribution < 1.29 is 9.53 Å². The van der Waals surface area contributed by atoms with Crippen molar-refractivity contribution in [3.05, 3.63) is 53.9 Å².